The van der Waals surface area contributed by atoms with Crippen LogP contribution in [0.3, 0.4) is 0 Å². The molecule has 0 saturated carbocycles. The Kier molecular flexibility index (Phi) is 7.40. The number of aromatic nitrogens is 6. The van der Waals surface area contributed by atoms with Gasteiger partial charge in [-0.3, -0.25) is 9.36 Å². The minimum Gasteiger partial charge on any atom is -0.291 e. The van der Waals surface area contributed by atoms with Crippen LogP contribution in [-0.2, 0) is 35.7 Å². The third-order valence-corrected chi connectivity index (χ3v) is 9.95. The fourth-order valence-electron chi connectivity index (χ4n) is 6.26. The molecule has 1 N–H and O–H groups in total. The van der Waals surface area contributed by atoms with Gasteiger partial charge < -0.3 is 0 Å². The molecule has 5 aromatic rings. The lowest BCUT2D eigenvalue weighted by atomic mass is 9.96. The van der Waals surface area contributed by atoms with Crippen molar-refractivity contribution in [1.29, 1.82) is 0 Å². The first-order valence-corrected chi connectivity index (χ1v) is 15.5. The van der Waals surface area contributed by atoms with Crippen molar-refractivity contribution in [3.05, 3.63) is 103 Å². The normalized spacial score (nSPS) is 15.6. The molecule has 0 fully saturated rings. The van der Waals surface area contributed by atoms with Gasteiger partial charge in [0.05, 0.1) is 23.3 Å². The Labute approximate surface area is 255 Å². The lowest BCUT2D eigenvalue weighted by Gasteiger charge is -2.32. The van der Waals surface area contributed by atoms with Gasteiger partial charge in [-0.05, 0) is 74.6 Å². The Morgan fingerprint density at radius 3 is 2.35 bits per heavy atom. The van der Waals surface area contributed by atoms with E-state index in [4.69, 9.17) is 4.98 Å². The van der Waals surface area contributed by atoms with Gasteiger partial charge in [-0.25, -0.2) is 4.98 Å². The number of nitrogens with zero attached hydrogens (tertiary/aromatic N) is 6. The lowest BCUT2D eigenvalue weighted by Crippen LogP contribution is -2.41. The van der Waals surface area contributed by atoms with Crippen molar-refractivity contribution in [2.45, 2.75) is 78.4 Å². The summed E-state index contributed by atoms with van der Waals surface area (Å²) in [4.78, 5) is 21.2. The fourth-order valence-corrected chi connectivity index (χ4v) is 7.64. The number of benzene rings is 2. The number of aryl methyl sites for hydroxylation is 2. The van der Waals surface area contributed by atoms with Crippen LogP contribution in [0.5, 0.6) is 0 Å². The predicted octanol–water partition coefficient (Wildman–Crippen LogP) is 6.18. The number of aromatic amines is 1. The van der Waals surface area contributed by atoms with Crippen LogP contribution in [0, 0.1) is 6.92 Å². The van der Waals surface area contributed by atoms with Crippen LogP contribution in [0.25, 0.3) is 22.5 Å². The summed E-state index contributed by atoms with van der Waals surface area (Å²) in [7, 11) is 0. The Morgan fingerprint density at radius 2 is 1.70 bits per heavy atom. The number of thiophene rings is 1. The molecule has 43 heavy (non-hydrogen) atoms. The van der Waals surface area contributed by atoms with Crippen molar-refractivity contribution in [3.8, 4) is 22.5 Å². The van der Waals surface area contributed by atoms with E-state index in [1.54, 1.807) is 15.9 Å². The maximum Gasteiger partial charge on any atom is 0.257 e. The average Bonchev–Trinajstić information content (AvgIpc) is 3.71. The summed E-state index contributed by atoms with van der Waals surface area (Å²) in [5.74, 6) is 1.26. The molecular formula is C33H36N7O2S. The summed E-state index contributed by atoms with van der Waals surface area (Å²) in [5.41, 5.74) is 5.43. The topological polar surface area (TPSA) is 112 Å². The molecule has 10 heteroatoms. The number of fused-ring (bicyclic) bond motifs is 1. The van der Waals surface area contributed by atoms with Gasteiger partial charge in [0.1, 0.15) is 5.82 Å². The van der Waals surface area contributed by atoms with Crippen molar-refractivity contribution >= 4 is 11.3 Å². The number of tetrazole rings is 1. The number of H-pyrrole nitrogens is 1. The highest BCUT2D eigenvalue weighted by molar-refractivity contribution is 7.12. The van der Waals surface area contributed by atoms with Gasteiger partial charge in [-0.2, -0.15) is 5.21 Å². The minimum atomic E-state index is -0.611. The smallest absolute Gasteiger partial charge is 0.257 e. The first kappa shape index (κ1) is 29.1. The molecule has 1 aliphatic heterocycles. The van der Waals surface area contributed by atoms with Gasteiger partial charge in [-0.1, -0.05) is 61.9 Å². The quantitative estimate of drug-likeness (QED) is 0.230. The predicted molar refractivity (Wildman–Crippen MR) is 167 cm³/mol. The van der Waals surface area contributed by atoms with E-state index in [9.17, 15) is 10.0 Å². The third kappa shape index (κ3) is 5.03. The van der Waals surface area contributed by atoms with Crippen LogP contribution >= 0.6 is 11.3 Å². The monoisotopic (exact) mass is 594 g/mol. The molecule has 0 spiro atoms. The highest BCUT2D eigenvalue weighted by atomic mass is 32.1. The van der Waals surface area contributed by atoms with Gasteiger partial charge in [0.25, 0.3) is 5.56 Å². The Balaban J connectivity index is 1.32. The maximum absolute atomic E-state index is 14.1. The molecule has 2 aromatic carbocycles. The minimum absolute atomic E-state index is 0.00000920. The second kappa shape index (κ2) is 10.9. The van der Waals surface area contributed by atoms with Gasteiger partial charge in [-0.15, -0.1) is 31.8 Å². The Bertz CT molecular complexity index is 1800. The number of hydroxylamine groups is 2. The number of hydrogen-bond donors (Lipinski definition) is 1. The highest BCUT2D eigenvalue weighted by Crippen LogP contribution is 2.52. The lowest BCUT2D eigenvalue weighted by molar-refractivity contribution is -0.265. The van der Waals surface area contributed by atoms with E-state index in [2.05, 4.69) is 57.9 Å². The molecular weight excluding hydrogens is 558 g/mol. The molecule has 1 radical (unpaired) electrons. The summed E-state index contributed by atoms with van der Waals surface area (Å²) < 4.78 is 1.79. The van der Waals surface area contributed by atoms with Crippen molar-refractivity contribution in [3.63, 3.8) is 0 Å². The number of nitrogens with one attached hydrogen (secondary N) is 1. The molecule has 1 aliphatic rings. The fraction of sp³-hybridized carbons (Fsp3) is 0.364. The van der Waals surface area contributed by atoms with Gasteiger partial charge in [0.15, 0.2) is 0 Å². The summed E-state index contributed by atoms with van der Waals surface area (Å²) in [6.07, 6.45) is 2.15. The summed E-state index contributed by atoms with van der Waals surface area (Å²) in [6.45, 7) is 12.3. The van der Waals surface area contributed by atoms with E-state index in [0.717, 1.165) is 61.7 Å². The van der Waals surface area contributed by atoms with E-state index < -0.39 is 11.1 Å². The first-order chi connectivity index (χ1) is 20.5. The van der Waals surface area contributed by atoms with Crippen LogP contribution < -0.4 is 5.56 Å². The molecule has 0 bridgehead atoms. The van der Waals surface area contributed by atoms with E-state index in [0.29, 0.717) is 24.6 Å². The van der Waals surface area contributed by atoms with Gasteiger partial charge in [0, 0.05) is 27.3 Å². The zero-order chi connectivity index (χ0) is 30.5. The zero-order valence-corrected chi connectivity index (χ0v) is 26.2. The van der Waals surface area contributed by atoms with Crippen molar-refractivity contribution in [1.82, 2.24) is 35.2 Å². The second-order valence-electron chi connectivity index (χ2n) is 12.2. The summed E-state index contributed by atoms with van der Waals surface area (Å²) in [5, 5.41) is 28.7. The van der Waals surface area contributed by atoms with Crippen molar-refractivity contribution in [2.24, 2.45) is 0 Å². The van der Waals surface area contributed by atoms with Crippen molar-refractivity contribution < 1.29 is 5.21 Å². The van der Waals surface area contributed by atoms with E-state index in [-0.39, 0.29) is 5.56 Å². The average molecular weight is 595 g/mol. The summed E-state index contributed by atoms with van der Waals surface area (Å²) in [6, 6.07) is 18.4. The molecule has 4 heterocycles. The summed E-state index contributed by atoms with van der Waals surface area (Å²) >= 11 is 1.63. The van der Waals surface area contributed by atoms with Crippen molar-refractivity contribution in [2.75, 3.05) is 0 Å². The molecule has 221 valence electrons. The van der Waals surface area contributed by atoms with E-state index in [1.807, 2.05) is 58.9 Å². The largest absolute Gasteiger partial charge is 0.291 e. The van der Waals surface area contributed by atoms with Crippen LogP contribution in [0.15, 0.2) is 59.4 Å². The third-order valence-electron chi connectivity index (χ3n) is 8.51. The zero-order valence-electron chi connectivity index (χ0n) is 25.4. The standard InChI is InChI=1S/C33H36N7O2S/c1-7-10-28-26(17-21-13-15-22(16-14-21)24-11-8-9-12-25(24)30-35-37-38-36-30)31(41)39(20(2)34-28)19-23-18-27-29(43-23)33(5,6)40(42)32(27,3)4/h8-9,11-16,18H,7,10,17,19H2,1-6H3,(H,35,36,37,38). The SMILES string of the molecule is CCCc1nc(C)n(Cc2cc3c(s2)C(C)(C)N([O])C3(C)C)c(=O)c1Cc1ccc(-c2ccccc2-c2nn[nH]n2)cc1. The van der Waals surface area contributed by atoms with Crippen LogP contribution in [0.1, 0.15) is 79.0 Å². The number of hydrogen-bond acceptors (Lipinski definition) is 7. The van der Waals surface area contributed by atoms with E-state index in [1.165, 1.54) is 5.06 Å². The van der Waals surface area contributed by atoms with Gasteiger partial charge >= 0.3 is 0 Å². The van der Waals surface area contributed by atoms with E-state index >= 15 is 0 Å². The molecule has 6 rings (SSSR count). The molecule has 0 saturated heterocycles. The molecule has 0 amide bonds. The Morgan fingerprint density at radius 1 is 0.977 bits per heavy atom. The molecule has 9 nitrogen and oxygen atoms in total. The molecule has 3 aromatic heterocycles. The maximum atomic E-state index is 14.1. The highest BCUT2D eigenvalue weighted by Gasteiger charge is 2.51. The first-order valence-electron chi connectivity index (χ1n) is 14.6. The number of rotatable bonds is 8. The van der Waals surface area contributed by atoms with Crippen LogP contribution in [0.2, 0.25) is 0 Å². The van der Waals surface area contributed by atoms with Crippen LogP contribution in [0.4, 0.5) is 0 Å². The molecule has 0 unspecified atom stereocenters. The second-order valence-corrected chi connectivity index (χ2v) is 13.4. The Hall–Kier alpha value is -3.99. The molecule has 0 atom stereocenters. The molecule has 0 aliphatic carbocycles. The van der Waals surface area contributed by atoms with Gasteiger partial charge in [0.2, 0.25) is 5.82 Å². The van der Waals surface area contributed by atoms with Crippen LogP contribution in [-0.4, -0.2) is 35.2 Å².